The summed E-state index contributed by atoms with van der Waals surface area (Å²) in [5.41, 5.74) is -0.332. The molecule has 1 aliphatic carbocycles. The third-order valence-electron chi connectivity index (χ3n) is 3.78. The van der Waals surface area contributed by atoms with E-state index in [1.54, 1.807) is 0 Å². The van der Waals surface area contributed by atoms with Crippen molar-refractivity contribution in [1.82, 2.24) is 5.32 Å². The number of fused-ring (bicyclic) bond motifs is 2. The van der Waals surface area contributed by atoms with Gasteiger partial charge in [0.15, 0.2) is 5.78 Å². The average molecular weight is 341 g/mol. The second-order valence-electron chi connectivity index (χ2n) is 5.27. The molecule has 3 rings (SSSR count). The quantitative estimate of drug-likeness (QED) is 0.544. The summed E-state index contributed by atoms with van der Waals surface area (Å²) in [5, 5.41) is 33.1. The second-order valence-corrected chi connectivity index (χ2v) is 5.72. The van der Waals surface area contributed by atoms with Gasteiger partial charge in [-0.2, -0.15) is 12.6 Å². The molecule has 0 spiro atoms. The minimum atomic E-state index is -0.493. The summed E-state index contributed by atoms with van der Waals surface area (Å²) < 4.78 is 0. The number of phenols is 2. The zero-order valence-electron chi connectivity index (χ0n) is 12.4. The smallest absolute Gasteiger partial charge is 0.251 e. The highest BCUT2D eigenvalue weighted by Gasteiger charge is 2.29. The summed E-state index contributed by atoms with van der Waals surface area (Å²) in [5.74, 6) is -1.19. The fourth-order valence-electron chi connectivity index (χ4n) is 2.71. The van der Waals surface area contributed by atoms with E-state index in [1.807, 2.05) is 0 Å². The molecule has 122 valence electrons. The predicted molar refractivity (Wildman–Crippen MR) is 92.4 cm³/mol. The van der Waals surface area contributed by atoms with Gasteiger partial charge >= 0.3 is 0 Å². The van der Waals surface area contributed by atoms with Gasteiger partial charge in [-0.05, 0) is 18.2 Å². The van der Waals surface area contributed by atoms with Crippen LogP contribution in [0, 0.1) is 0 Å². The Kier molecular flexibility index (Phi) is 4.02. The van der Waals surface area contributed by atoms with E-state index in [4.69, 9.17) is 0 Å². The van der Waals surface area contributed by atoms with Gasteiger partial charge in [-0.25, -0.2) is 0 Å². The van der Waals surface area contributed by atoms with Crippen LogP contribution in [-0.2, 0) is 0 Å². The van der Waals surface area contributed by atoms with Crippen molar-refractivity contribution < 1.29 is 19.8 Å². The molecule has 7 heteroatoms. The first-order valence-electron chi connectivity index (χ1n) is 7.15. The Hall–Kier alpha value is -2.80. The summed E-state index contributed by atoms with van der Waals surface area (Å²) in [6.45, 7) is 0.335. The van der Waals surface area contributed by atoms with Crippen molar-refractivity contribution in [3.8, 4) is 11.5 Å². The molecule has 2 aromatic carbocycles. The predicted octanol–water partition coefficient (Wildman–Crippen LogP) is 1.71. The van der Waals surface area contributed by atoms with Crippen LogP contribution >= 0.6 is 12.6 Å². The third-order valence-corrected chi connectivity index (χ3v) is 4.01. The lowest BCUT2D eigenvalue weighted by atomic mass is 9.82. The first-order chi connectivity index (χ1) is 11.5. The lowest BCUT2D eigenvalue weighted by molar-refractivity contribution is 0.0955. The first-order valence-corrected chi connectivity index (χ1v) is 7.78. The summed E-state index contributed by atoms with van der Waals surface area (Å²) in [4.78, 5) is 24.7. The SMILES string of the molecule is [N-]=C1c2c(O)cccc2C(=O)c2cc(C(=O)NCCS)cc(O)c21. The maximum absolute atomic E-state index is 12.7. The molecule has 0 radical (unpaired) electrons. The normalized spacial score (nSPS) is 12.5. The number of ketones is 1. The molecule has 0 aromatic heterocycles. The van der Waals surface area contributed by atoms with E-state index < -0.39 is 23.2 Å². The number of nitrogens with zero attached hydrogens (tertiary/aromatic N) is 1. The standard InChI is InChI=1S/C17H13N2O4S/c18-15-13-9(2-1-3-11(13)20)16(22)10-6-8(7-12(21)14(10)15)17(23)19-4-5-24/h1-3,6-7,20-21,24H,4-5H2,(H,19,23)/q-1. The molecule has 24 heavy (non-hydrogen) atoms. The minimum Gasteiger partial charge on any atom is -0.803 e. The van der Waals surface area contributed by atoms with Crippen LogP contribution in [0.25, 0.3) is 5.41 Å². The third kappa shape index (κ3) is 2.43. The monoisotopic (exact) mass is 341 g/mol. The number of amides is 1. The van der Waals surface area contributed by atoms with Gasteiger partial charge in [0.25, 0.3) is 5.91 Å². The van der Waals surface area contributed by atoms with Crippen LogP contribution < -0.4 is 5.32 Å². The van der Waals surface area contributed by atoms with Crippen LogP contribution in [0.5, 0.6) is 11.5 Å². The van der Waals surface area contributed by atoms with Gasteiger partial charge in [0.1, 0.15) is 11.5 Å². The zero-order chi connectivity index (χ0) is 17.4. The molecule has 2 aromatic rings. The molecular weight excluding hydrogens is 328 g/mol. The molecule has 0 fully saturated rings. The van der Waals surface area contributed by atoms with Crippen molar-refractivity contribution in [3.05, 3.63) is 63.6 Å². The molecule has 0 atom stereocenters. The number of phenolic OH excluding ortho intramolecular Hbond substituents is 2. The number of benzene rings is 2. The number of hydrogen-bond acceptors (Lipinski definition) is 5. The van der Waals surface area contributed by atoms with Gasteiger partial charge in [-0.15, -0.1) is 5.71 Å². The van der Waals surface area contributed by atoms with E-state index in [0.717, 1.165) is 0 Å². The number of hydrogen-bond donors (Lipinski definition) is 4. The number of aromatic hydroxyl groups is 2. The first kappa shape index (κ1) is 16.1. The highest BCUT2D eigenvalue weighted by molar-refractivity contribution is 7.80. The number of rotatable bonds is 3. The Morgan fingerprint density at radius 3 is 2.54 bits per heavy atom. The number of nitrogens with one attached hydrogen (secondary N) is 1. The fraction of sp³-hybridized carbons (Fsp3) is 0.118. The number of thiol groups is 1. The van der Waals surface area contributed by atoms with Crippen molar-refractivity contribution in [2.75, 3.05) is 12.3 Å². The molecule has 1 aliphatic rings. The number of carbonyl (C=O) groups excluding carboxylic acids is 2. The zero-order valence-corrected chi connectivity index (χ0v) is 13.3. The van der Waals surface area contributed by atoms with Crippen LogP contribution in [-0.4, -0.2) is 39.9 Å². The van der Waals surface area contributed by atoms with Gasteiger partial charge < -0.3 is 20.9 Å². The highest BCUT2D eigenvalue weighted by atomic mass is 32.1. The lowest BCUT2D eigenvalue weighted by Gasteiger charge is -2.27. The van der Waals surface area contributed by atoms with Crippen LogP contribution in [0.4, 0.5) is 0 Å². The molecule has 0 heterocycles. The Balaban J connectivity index is 2.15. The minimum absolute atomic E-state index is 0.00150. The molecule has 0 saturated heterocycles. The van der Waals surface area contributed by atoms with Crippen molar-refractivity contribution in [2.24, 2.45) is 0 Å². The molecule has 6 nitrogen and oxygen atoms in total. The summed E-state index contributed by atoms with van der Waals surface area (Å²) in [6.07, 6.45) is 0. The van der Waals surface area contributed by atoms with E-state index in [2.05, 4.69) is 17.9 Å². The molecular formula is C17H13N2O4S-. The van der Waals surface area contributed by atoms with Crippen LogP contribution in [0.2, 0.25) is 0 Å². The van der Waals surface area contributed by atoms with E-state index in [1.165, 1.54) is 30.3 Å². The average Bonchev–Trinajstić information content (AvgIpc) is 2.56. The van der Waals surface area contributed by atoms with Gasteiger partial charge in [0.05, 0.1) is 0 Å². The molecule has 0 aliphatic heterocycles. The fourth-order valence-corrected chi connectivity index (χ4v) is 2.82. The molecule has 1 amide bonds. The summed E-state index contributed by atoms with van der Waals surface area (Å²) >= 11 is 4.00. The van der Waals surface area contributed by atoms with Gasteiger partial charge in [-0.1, -0.05) is 12.1 Å². The maximum atomic E-state index is 12.7. The van der Waals surface area contributed by atoms with Gasteiger partial charge in [0, 0.05) is 40.1 Å². The Bertz CT molecular complexity index is 892. The highest BCUT2D eigenvalue weighted by Crippen LogP contribution is 2.37. The molecule has 0 bridgehead atoms. The van der Waals surface area contributed by atoms with Crippen LogP contribution in [0.1, 0.15) is 37.4 Å². The Morgan fingerprint density at radius 1 is 1.12 bits per heavy atom. The summed E-state index contributed by atoms with van der Waals surface area (Å²) in [6, 6.07) is 6.76. The Labute approximate surface area is 143 Å². The van der Waals surface area contributed by atoms with Crippen molar-refractivity contribution in [1.29, 1.82) is 0 Å². The van der Waals surface area contributed by atoms with Crippen LogP contribution in [0.15, 0.2) is 30.3 Å². The van der Waals surface area contributed by atoms with E-state index in [9.17, 15) is 25.2 Å². The van der Waals surface area contributed by atoms with E-state index >= 15 is 0 Å². The van der Waals surface area contributed by atoms with Crippen molar-refractivity contribution in [3.63, 3.8) is 0 Å². The van der Waals surface area contributed by atoms with Crippen LogP contribution in [0.3, 0.4) is 0 Å². The Morgan fingerprint density at radius 2 is 1.83 bits per heavy atom. The van der Waals surface area contributed by atoms with Crippen molar-refractivity contribution >= 4 is 30.0 Å². The lowest BCUT2D eigenvalue weighted by Crippen LogP contribution is -2.27. The van der Waals surface area contributed by atoms with Gasteiger partial charge in [0.2, 0.25) is 0 Å². The van der Waals surface area contributed by atoms with Gasteiger partial charge in [-0.3, -0.25) is 9.59 Å². The largest absolute Gasteiger partial charge is 0.803 e. The maximum Gasteiger partial charge on any atom is 0.251 e. The molecule has 0 unspecified atom stereocenters. The van der Waals surface area contributed by atoms with E-state index in [-0.39, 0.29) is 33.6 Å². The second kappa shape index (κ2) is 6.01. The number of carbonyl (C=O) groups is 2. The topological polar surface area (TPSA) is 109 Å². The van der Waals surface area contributed by atoms with E-state index in [0.29, 0.717) is 12.3 Å². The summed E-state index contributed by atoms with van der Waals surface area (Å²) in [7, 11) is 0. The molecule has 0 saturated carbocycles. The molecule has 3 N–H and O–H groups in total. The van der Waals surface area contributed by atoms with Crippen molar-refractivity contribution in [2.45, 2.75) is 0 Å².